The molecule has 0 aliphatic rings. The lowest BCUT2D eigenvalue weighted by Crippen LogP contribution is -2.41. The van der Waals surface area contributed by atoms with Gasteiger partial charge < -0.3 is 15.0 Å². The van der Waals surface area contributed by atoms with Gasteiger partial charge in [0.2, 0.25) is 0 Å². The largest absolute Gasteiger partial charge is 0.497 e. The number of nitrogens with zero attached hydrogens (tertiary/aromatic N) is 1. The average Bonchev–Trinajstić information content (AvgIpc) is 2.78. The van der Waals surface area contributed by atoms with Gasteiger partial charge in [0, 0.05) is 6.54 Å². The first kappa shape index (κ1) is 20.9. The van der Waals surface area contributed by atoms with Gasteiger partial charge in [-0.15, -0.1) is 0 Å². The number of thiocarbonyl (C=S) groups is 1. The third-order valence-corrected chi connectivity index (χ3v) is 5.51. The number of methoxy groups -OCH3 is 1. The van der Waals surface area contributed by atoms with E-state index in [4.69, 9.17) is 17.0 Å². The maximum atomic E-state index is 5.87. The van der Waals surface area contributed by atoms with Crippen LogP contribution in [0.25, 0.3) is 0 Å². The second-order valence-corrected chi connectivity index (χ2v) is 7.53. The van der Waals surface area contributed by atoms with Crippen LogP contribution < -0.4 is 10.1 Å². The number of rotatable bonds is 7. The maximum absolute atomic E-state index is 5.87. The first-order valence-corrected chi connectivity index (χ1v) is 10.3. The highest BCUT2D eigenvalue weighted by atomic mass is 32.1. The Morgan fingerprint density at radius 3 is 1.97 bits per heavy atom. The van der Waals surface area contributed by atoms with Crippen LogP contribution in [0.2, 0.25) is 0 Å². The van der Waals surface area contributed by atoms with Crippen molar-refractivity contribution < 1.29 is 4.74 Å². The lowest BCUT2D eigenvalue weighted by Gasteiger charge is -2.34. The highest BCUT2D eigenvalue weighted by molar-refractivity contribution is 7.80. The molecule has 0 aromatic heterocycles. The first-order valence-electron chi connectivity index (χ1n) is 9.88. The minimum absolute atomic E-state index is 0.130. The predicted molar refractivity (Wildman–Crippen MR) is 124 cm³/mol. The molecule has 0 saturated heterocycles. The van der Waals surface area contributed by atoms with Crippen molar-refractivity contribution >= 4 is 17.3 Å². The Kier molecular flexibility index (Phi) is 7.25. The Morgan fingerprint density at radius 1 is 0.862 bits per heavy atom. The van der Waals surface area contributed by atoms with Gasteiger partial charge in [-0.1, -0.05) is 72.8 Å². The van der Waals surface area contributed by atoms with Crippen molar-refractivity contribution in [2.75, 3.05) is 7.11 Å². The van der Waals surface area contributed by atoms with Gasteiger partial charge in [0.15, 0.2) is 5.11 Å². The second-order valence-electron chi connectivity index (χ2n) is 7.14. The Hall–Kier alpha value is -2.85. The van der Waals surface area contributed by atoms with Gasteiger partial charge in [-0.3, -0.25) is 0 Å². The van der Waals surface area contributed by atoms with E-state index in [0.717, 1.165) is 10.9 Å². The Labute approximate surface area is 179 Å². The standard InChI is InChI=1S/C25H28N2OS/c1-19(22-10-6-4-7-11-22)26-25(29)27(20(2)23-12-8-5-9-13-23)18-21-14-16-24(28-3)17-15-21/h4-17,19-20H,18H2,1-3H3,(H,26,29)/t19-,20-/m1/s1. The summed E-state index contributed by atoms with van der Waals surface area (Å²) in [5.41, 5.74) is 3.63. The number of hydrogen-bond acceptors (Lipinski definition) is 2. The molecule has 0 fully saturated rings. The van der Waals surface area contributed by atoms with Crippen molar-refractivity contribution in [3.05, 3.63) is 102 Å². The van der Waals surface area contributed by atoms with Crippen molar-refractivity contribution in [1.29, 1.82) is 0 Å². The summed E-state index contributed by atoms with van der Waals surface area (Å²) in [5.74, 6) is 0.856. The molecule has 0 saturated carbocycles. The van der Waals surface area contributed by atoms with Gasteiger partial charge in [-0.05, 0) is 54.9 Å². The van der Waals surface area contributed by atoms with Crippen molar-refractivity contribution in [2.45, 2.75) is 32.5 Å². The van der Waals surface area contributed by atoms with Crippen LogP contribution in [0.3, 0.4) is 0 Å². The number of ether oxygens (including phenoxy) is 1. The summed E-state index contributed by atoms with van der Waals surface area (Å²) in [6.07, 6.45) is 0. The SMILES string of the molecule is COc1ccc(CN(C(=S)N[C@H](C)c2ccccc2)[C@H](C)c2ccccc2)cc1. The zero-order valence-electron chi connectivity index (χ0n) is 17.2. The Bertz CT molecular complexity index is 897. The van der Waals surface area contributed by atoms with E-state index in [0.29, 0.717) is 6.54 Å². The number of nitrogens with one attached hydrogen (secondary N) is 1. The van der Waals surface area contributed by atoms with Crippen LogP contribution in [0.15, 0.2) is 84.9 Å². The zero-order valence-corrected chi connectivity index (χ0v) is 18.0. The lowest BCUT2D eigenvalue weighted by atomic mass is 10.1. The van der Waals surface area contributed by atoms with Crippen LogP contribution in [0, 0.1) is 0 Å². The van der Waals surface area contributed by atoms with Gasteiger partial charge >= 0.3 is 0 Å². The van der Waals surface area contributed by atoms with E-state index in [-0.39, 0.29) is 12.1 Å². The molecule has 0 amide bonds. The summed E-state index contributed by atoms with van der Waals surface area (Å²) in [6, 6.07) is 29.3. The minimum Gasteiger partial charge on any atom is -0.497 e. The van der Waals surface area contributed by atoms with Crippen LogP contribution in [0.5, 0.6) is 5.75 Å². The second kappa shape index (κ2) is 10.1. The van der Waals surface area contributed by atoms with Crippen molar-refractivity contribution in [1.82, 2.24) is 10.2 Å². The fourth-order valence-electron chi connectivity index (χ4n) is 3.32. The summed E-state index contributed by atoms with van der Waals surface area (Å²) < 4.78 is 5.29. The van der Waals surface area contributed by atoms with Gasteiger partial charge in [0.05, 0.1) is 19.2 Å². The molecule has 29 heavy (non-hydrogen) atoms. The molecule has 0 heterocycles. The van der Waals surface area contributed by atoms with E-state index in [1.165, 1.54) is 16.7 Å². The maximum Gasteiger partial charge on any atom is 0.170 e. The summed E-state index contributed by atoms with van der Waals surface area (Å²) >= 11 is 5.87. The Morgan fingerprint density at radius 2 is 1.41 bits per heavy atom. The van der Waals surface area contributed by atoms with Gasteiger partial charge in [-0.2, -0.15) is 0 Å². The smallest absolute Gasteiger partial charge is 0.170 e. The summed E-state index contributed by atoms with van der Waals surface area (Å²) in [4.78, 5) is 2.24. The molecule has 150 valence electrons. The van der Waals surface area contributed by atoms with Crippen LogP contribution >= 0.6 is 12.2 Å². The molecule has 3 rings (SSSR count). The zero-order chi connectivity index (χ0) is 20.6. The van der Waals surface area contributed by atoms with Gasteiger partial charge in [0.1, 0.15) is 5.75 Å². The van der Waals surface area contributed by atoms with Crippen LogP contribution in [-0.4, -0.2) is 17.1 Å². The van der Waals surface area contributed by atoms with Gasteiger partial charge in [0.25, 0.3) is 0 Å². The van der Waals surface area contributed by atoms with Crippen molar-refractivity contribution in [3.63, 3.8) is 0 Å². The average molecular weight is 405 g/mol. The normalized spacial score (nSPS) is 12.7. The molecule has 3 aromatic rings. The molecule has 0 spiro atoms. The topological polar surface area (TPSA) is 24.5 Å². The highest BCUT2D eigenvalue weighted by Crippen LogP contribution is 2.24. The minimum atomic E-state index is 0.130. The molecule has 4 heteroatoms. The van der Waals surface area contributed by atoms with E-state index in [2.05, 4.69) is 84.7 Å². The summed E-state index contributed by atoms with van der Waals surface area (Å²) in [5, 5.41) is 4.27. The highest BCUT2D eigenvalue weighted by Gasteiger charge is 2.20. The quantitative estimate of drug-likeness (QED) is 0.496. The molecule has 0 bridgehead atoms. The molecule has 0 unspecified atom stereocenters. The molecule has 0 aliphatic heterocycles. The number of benzene rings is 3. The fraction of sp³-hybridized carbons (Fsp3) is 0.240. The third-order valence-electron chi connectivity index (χ3n) is 5.16. The number of hydrogen-bond donors (Lipinski definition) is 1. The van der Waals surface area contributed by atoms with Crippen molar-refractivity contribution in [2.24, 2.45) is 0 Å². The van der Waals surface area contributed by atoms with Gasteiger partial charge in [-0.25, -0.2) is 0 Å². The van der Waals surface area contributed by atoms with E-state index in [1.54, 1.807) is 7.11 Å². The van der Waals surface area contributed by atoms with E-state index >= 15 is 0 Å². The molecular formula is C25H28N2OS. The summed E-state index contributed by atoms with van der Waals surface area (Å²) in [7, 11) is 1.68. The molecule has 2 atom stereocenters. The van der Waals surface area contributed by atoms with Crippen molar-refractivity contribution in [3.8, 4) is 5.75 Å². The molecular weight excluding hydrogens is 376 g/mol. The van der Waals surface area contributed by atoms with E-state index < -0.39 is 0 Å². The first-order chi connectivity index (χ1) is 14.1. The van der Waals surface area contributed by atoms with Crippen LogP contribution in [-0.2, 0) is 6.54 Å². The lowest BCUT2D eigenvalue weighted by molar-refractivity contribution is 0.321. The van der Waals surface area contributed by atoms with Crippen LogP contribution in [0.1, 0.15) is 42.6 Å². The molecule has 0 aliphatic carbocycles. The third kappa shape index (κ3) is 5.58. The summed E-state index contributed by atoms with van der Waals surface area (Å²) in [6.45, 7) is 5.05. The fourth-order valence-corrected chi connectivity index (χ4v) is 3.72. The van der Waals surface area contributed by atoms with E-state index in [9.17, 15) is 0 Å². The predicted octanol–water partition coefficient (Wildman–Crippen LogP) is 5.89. The molecule has 1 N–H and O–H groups in total. The molecule has 3 aromatic carbocycles. The monoisotopic (exact) mass is 404 g/mol. The molecule has 3 nitrogen and oxygen atoms in total. The molecule has 0 radical (unpaired) electrons. The van der Waals surface area contributed by atoms with E-state index in [1.807, 2.05) is 24.3 Å². The Balaban J connectivity index is 1.81. The van der Waals surface area contributed by atoms with Crippen LogP contribution in [0.4, 0.5) is 0 Å².